The average Bonchev–Trinajstić information content (AvgIpc) is 3.06. The van der Waals surface area contributed by atoms with Gasteiger partial charge in [-0.2, -0.15) is 0 Å². The number of halogens is 1. The summed E-state index contributed by atoms with van der Waals surface area (Å²) < 4.78 is 11.3. The lowest BCUT2D eigenvalue weighted by Crippen LogP contribution is -2.48. The van der Waals surface area contributed by atoms with Gasteiger partial charge in [0, 0.05) is 30.3 Å². The molecule has 0 bridgehead atoms. The van der Waals surface area contributed by atoms with Crippen molar-refractivity contribution in [1.82, 2.24) is 10.2 Å². The highest BCUT2D eigenvalue weighted by Gasteiger charge is 2.27. The van der Waals surface area contributed by atoms with Crippen LogP contribution < -0.4 is 5.32 Å². The molecule has 0 aliphatic carbocycles. The highest BCUT2D eigenvalue weighted by molar-refractivity contribution is 6.31. The largest absolute Gasteiger partial charge is 0.376 e. The number of hydrogen-bond acceptors (Lipinski definition) is 3. The summed E-state index contributed by atoms with van der Waals surface area (Å²) in [4.78, 5) is 14.1. The highest BCUT2D eigenvalue weighted by Crippen LogP contribution is 2.28. The van der Waals surface area contributed by atoms with Crippen molar-refractivity contribution in [2.24, 2.45) is 0 Å². The fraction of sp³-hybridized carbons (Fsp3) is 0.562. The predicted molar refractivity (Wildman–Crippen MR) is 84.1 cm³/mol. The average molecular weight is 325 g/mol. The molecule has 2 heterocycles. The molecule has 5 nitrogen and oxygen atoms in total. The first-order valence-corrected chi connectivity index (χ1v) is 8.12. The third-order valence-electron chi connectivity index (χ3n) is 4.11. The zero-order chi connectivity index (χ0) is 15.4. The molecule has 0 spiro atoms. The van der Waals surface area contributed by atoms with E-state index in [1.165, 1.54) is 0 Å². The van der Waals surface area contributed by atoms with Gasteiger partial charge in [-0.25, -0.2) is 4.79 Å². The molecule has 0 aromatic heterocycles. The normalized spacial score (nSPS) is 25.2. The Kier molecular flexibility index (Phi) is 5.18. The van der Waals surface area contributed by atoms with Crippen LogP contribution in [0.25, 0.3) is 0 Å². The summed E-state index contributed by atoms with van der Waals surface area (Å²) in [5.41, 5.74) is 0.931. The van der Waals surface area contributed by atoms with Crippen LogP contribution in [-0.4, -0.2) is 49.9 Å². The summed E-state index contributed by atoms with van der Waals surface area (Å²) >= 11 is 6.22. The predicted octanol–water partition coefficient (Wildman–Crippen LogP) is 2.60. The molecular formula is C16H21ClN2O3. The third kappa shape index (κ3) is 3.72. The van der Waals surface area contributed by atoms with Crippen molar-refractivity contribution >= 4 is 17.6 Å². The van der Waals surface area contributed by atoms with Crippen molar-refractivity contribution in [3.05, 3.63) is 34.9 Å². The molecule has 2 aliphatic rings. The molecule has 2 aliphatic heterocycles. The summed E-state index contributed by atoms with van der Waals surface area (Å²) in [6.07, 6.45) is 2.08. The van der Waals surface area contributed by atoms with E-state index in [-0.39, 0.29) is 18.2 Å². The minimum atomic E-state index is -0.170. The molecule has 2 amide bonds. The Bertz CT molecular complexity index is 520. The molecule has 2 fully saturated rings. The van der Waals surface area contributed by atoms with Gasteiger partial charge in [-0.05, 0) is 18.9 Å². The van der Waals surface area contributed by atoms with E-state index in [1.807, 2.05) is 24.3 Å². The van der Waals surface area contributed by atoms with E-state index in [4.69, 9.17) is 21.1 Å². The summed E-state index contributed by atoms with van der Waals surface area (Å²) in [5.74, 6) is 0. The molecule has 1 aromatic rings. The van der Waals surface area contributed by atoms with Gasteiger partial charge in [0.05, 0.1) is 19.3 Å². The SMILES string of the molecule is O=C(NCC1CCCO1)N1CCOC(c2ccccc2Cl)C1. The molecule has 120 valence electrons. The van der Waals surface area contributed by atoms with E-state index in [9.17, 15) is 4.79 Å². The first-order chi connectivity index (χ1) is 10.7. The van der Waals surface area contributed by atoms with Crippen LogP contribution in [0.3, 0.4) is 0 Å². The van der Waals surface area contributed by atoms with Gasteiger partial charge >= 0.3 is 6.03 Å². The monoisotopic (exact) mass is 324 g/mol. The Morgan fingerprint density at radius 2 is 2.18 bits per heavy atom. The van der Waals surface area contributed by atoms with Gasteiger partial charge in [-0.3, -0.25) is 0 Å². The number of carbonyl (C=O) groups is 1. The maximum Gasteiger partial charge on any atom is 0.317 e. The van der Waals surface area contributed by atoms with Crippen LogP contribution in [-0.2, 0) is 9.47 Å². The number of ether oxygens (including phenoxy) is 2. The van der Waals surface area contributed by atoms with Crippen LogP contribution in [0.2, 0.25) is 5.02 Å². The molecule has 1 N–H and O–H groups in total. The second kappa shape index (κ2) is 7.31. The lowest BCUT2D eigenvalue weighted by Gasteiger charge is -2.33. The van der Waals surface area contributed by atoms with E-state index < -0.39 is 0 Å². The molecule has 0 radical (unpaired) electrons. The van der Waals surface area contributed by atoms with Gasteiger partial charge in [0.25, 0.3) is 0 Å². The highest BCUT2D eigenvalue weighted by atomic mass is 35.5. The van der Waals surface area contributed by atoms with Crippen LogP contribution in [0, 0.1) is 0 Å². The molecule has 2 atom stereocenters. The van der Waals surface area contributed by atoms with Crippen LogP contribution in [0.1, 0.15) is 24.5 Å². The zero-order valence-corrected chi connectivity index (χ0v) is 13.2. The second-order valence-electron chi connectivity index (χ2n) is 5.65. The number of carbonyl (C=O) groups excluding carboxylic acids is 1. The zero-order valence-electron chi connectivity index (χ0n) is 12.5. The minimum Gasteiger partial charge on any atom is -0.376 e. The van der Waals surface area contributed by atoms with Crippen molar-refractivity contribution in [2.75, 3.05) is 32.8 Å². The molecule has 1 aromatic carbocycles. The van der Waals surface area contributed by atoms with Crippen molar-refractivity contribution in [2.45, 2.75) is 25.0 Å². The number of benzene rings is 1. The van der Waals surface area contributed by atoms with E-state index in [0.29, 0.717) is 31.3 Å². The topological polar surface area (TPSA) is 50.8 Å². The Morgan fingerprint density at radius 3 is 2.95 bits per heavy atom. The Labute approximate surface area is 135 Å². The Balaban J connectivity index is 1.55. The number of nitrogens with one attached hydrogen (secondary N) is 1. The Hall–Kier alpha value is -1.30. The van der Waals surface area contributed by atoms with Crippen molar-refractivity contribution in [3.8, 4) is 0 Å². The molecular weight excluding hydrogens is 304 g/mol. The molecule has 22 heavy (non-hydrogen) atoms. The first kappa shape index (κ1) is 15.6. The number of rotatable bonds is 3. The molecule has 6 heteroatoms. The van der Waals surface area contributed by atoms with Gasteiger partial charge in [0.1, 0.15) is 6.10 Å². The number of nitrogens with zero attached hydrogens (tertiary/aromatic N) is 1. The van der Waals surface area contributed by atoms with E-state index >= 15 is 0 Å². The quantitative estimate of drug-likeness (QED) is 0.930. The number of urea groups is 1. The summed E-state index contributed by atoms with van der Waals surface area (Å²) in [5, 5.41) is 3.63. The number of amides is 2. The fourth-order valence-electron chi connectivity index (χ4n) is 2.88. The second-order valence-corrected chi connectivity index (χ2v) is 6.06. The molecule has 2 unspecified atom stereocenters. The maximum absolute atomic E-state index is 12.3. The van der Waals surface area contributed by atoms with Crippen molar-refractivity contribution < 1.29 is 14.3 Å². The van der Waals surface area contributed by atoms with Crippen molar-refractivity contribution in [3.63, 3.8) is 0 Å². The lowest BCUT2D eigenvalue weighted by atomic mass is 10.1. The van der Waals surface area contributed by atoms with Gasteiger partial charge in [0.2, 0.25) is 0 Å². The van der Waals surface area contributed by atoms with E-state index in [1.54, 1.807) is 4.90 Å². The third-order valence-corrected chi connectivity index (χ3v) is 4.45. The van der Waals surface area contributed by atoms with Crippen LogP contribution in [0.5, 0.6) is 0 Å². The van der Waals surface area contributed by atoms with Crippen LogP contribution >= 0.6 is 11.6 Å². The summed E-state index contributed by atoms with van der Waals surface area (Å²) in [7, 11) is 0. The van der Waals surface area contributed by atoms with Gasteiger partial charge < -0.3 is 19.7 Å². The van der Waals surface area contributed by atoms with E-state index in [2.05, 4.69) is 5.32 Å². The van der Waals surface area contributed by atoms with Crippen LogP contribution in [0.4, 0.5) is 4.79 Å². The number of morpholine rings is 1. The molecule has 0 saturated carbocycles. The molecule has 2 saturated heterocycles. The smallest absolute Gasteiger partial charge is 0.317 e. The number of hydrogen-bond donors (Lipinski definition) is 1. The van der Waals surface area contributed by atoms with Crippen LogP contribution in [0.15, 0.2) is 24.3 Å². The minimum absolute atomic E-state index is 0.0594. The maximum atomic E-state index is 12.3. The van der Waals surface area contributed by atoms with Gasteiger partial charge in [0.15, 0.2) is 0 Å². The first-order valence-electron chi connectivity index (χ1n) is 7.74. The van der Waals surface area contributed by atoms with Gasteiger partial charge in [-0.1, -0.05) is 29.8 Å². The summed E-state index contributed by atoms with van der Waals surface area (Å²) in [6, 6.07) is 7.55. The van der Waals surface area contributed by atoms with Gasteiger partial charge in [-0.15, -0.1) is 0 Å². The Morgan fingerprint density at radius 1 is 1.32 bits per heavy atom. The lowest BCUT2D eigenvalue weighted by molar-refractivity contribution is -0.0158. The standard InChI is InChI=1S/C16H21ClN2O3/c17-14-6-2-1-5-13(14)15-11-19(7-9-22-15)16(20)18-10-12-4-3-8-21-12/h1-2,5-6,12,15H,3-4,7-11H2,(H,18,20). The molecule has 3 rings (SSSR count). The van der Waals surface area contributed by atoms with E-state index in [0.717, 1.165) is 25.0 Å². The summed E-state index contributed by atoms with van der Waals surface area (Å²) in [6.45, 7) is 3.00. The van der Waals surface area contributed by atoms with Crippen molar-refractivity contribution in [1.29, 1.82) is 0 Å². The fourth-order valence-corrected chi connectivity index (χ4v) is 3.13.